The lowest BCUT2D eigenvalue weighted by Gasteiger charge is -2.31. The van der Waals surface area contributed by atoms with Gasteiger partial charge in [0.25, 0.3) is 5.91 Å². The van der Waals surface area contributed by atoms with Gasteiger partial charge in [-0.1, -0.05) is 54.6 Å². The molecule has 1 aliphatic heterocycles. The lowest BCUT2D eigenvalue weighted by Crippen LogP contribution is -2.35. The molecule has 4 heteroatoms. The molecule has 3 aromatic carbocycles. The molecule has 0 saturated carbocycles. The van der Waals surface area contributed by atoms with Gasteiger partial charge in [-0.3, -0.25) is 4.79 Å². The number of hydrogen-bond donors (Lipinski definition) is 0. The molecule has 1 amide bonds. The molecule has 4 aromatic rings. The van der Waals surface area contributed by atoms with E-state index >= 15 is 0 Å². The van der Waals surface area contributed by atoms with Gasteiger partial charge in [-0.2, -0.15) is 0 Å². The van der Waals surface area contributed by atoms with Gasteiger partial charge in [0.05, 0.1) is 6.04 Å². The van der Waals surface area contributed by atoms with E-state index in [2.05, 4.69) is 29.0 Å². The van der Waals surface area contributed by atoms with Crippen LogP contribution in [0.15, 0.2) is 97.2 Å². The smallest absolute Gasteiger partial charge is 0.254 e. The molecular weight excluding hydrogens is 387 g/mol. The summed E-state index contributed by atoms with van der Waals surface area (Å²) in [7, 11) is 0. The van der Waals surface area contributed by atoms with Crippen LogP contribution >= 0.6 is 0 Å². The Bertz CT molecular complexity index is 1180. The van der Waals surface area contributed by atoms with Crippen LogP contribution in [0.3, 0.4) is 0 Å². The maximum Gasteiger partial charge on any atom is 0.254 e. The minimum absolute atomic E-state index is 0.0106. The Labute approximate surface area is 181 Å². The number of halogens is 1. The maximum atomic E-state index is 13.6. The quantitative estimate of drug-likeness (QED) is 0.411. The van der Waals surface area contributed by atoms with Crippen LogP contribution in [0.4, 0.5) is 4.39 Å². The van der Waals surface area contributed by atoms with Crippen molar-refractivity contribution in [3.8, 4) is 11.1 Å². The van der Waals surface area contributed by atoms with Gasteiger partial charge in [-0.25, -0.2) is 4.39 Å². The van der Waals surface area contributed by atoms with Gasteiger partial charge < -0.3 is 9.47 Å². The van der Waals surface area contributed by atoms with Crippen molar-refractivity contribution in [3.05, 3.63) is 120 Å². The average molecular weight is 410 g/mol. The Balaban J connectivity index is 1.51. The summed E-state index contributed by atoms with van der Waals surface area (Å²) in [6.07, 6.45) is 2.92. The molecule has 1 aliphatic rings. The van der Waals surface area contributed by atoms with Crippen LogP contribution in [0.5, 0.6) is 0 Å². The molecule has 0 N–H and O–H groups in total. The van der Waals surface area contributed by atoms with Crippen molar-refractivity contribution >= 4 is 5.91 Å². The first kappa shape index (κ1) is 19.3. The van der Waals surface area contributed by atoms with Crippen molar-refractivity contribution in [1.29, 1.82) is 0 Å². The summed E-state index contributed by atoms with van der Waals surface area (Å²) in [5.74, 6) is -0.286. The van der Waals surface area contributed by atoms with Crippen molar-refractivity contribution in [2.45, 2.75) is 19.0 Å². The zero-order chi connectivity index (χ0) is 21.2. The Morgan fingerprint density at radius 3 is 2.23 bits per heavy atom. The minimum atomic E-state index is -0.276. The van der Waals surface area contributed by atoms with Crippen LogP contribution in [0.2, 0.25) is 0 Å². The second kappa shape index (κ2) is 8.23. The molecule has 0 radical (unpaired) electrons. The summed E-state index contributed by atoms with van der Waals surface area (Å²) in [6.45, 7) is 1.50. The van der Waals surface area contributed by atoms with E-state index in [0.29, 0.717) is 12.1 Å². The van der Waals surface area contributed by atoms with E-state index in [9.17, 15) is 9.18 Å². The molecular formula is C27H23FN2O. The molecule has 0 spiro atoms. The van der Waals surface area contributed by atoms with E-state index in [1.54, 1.807) is 12.1 Å². The van der Waals surface area contributed by atoms with Gasteiger partial charge in [0.2, 0.25) is 0 Å². The molecule has 154 valence electrons. The highest BCUT2D eigenvalue weighted by Crippen LogP contribution is 2.33. The Hall–Kier alpha value is -3.66. The van der Waals surface area contributed by atoms with Crippen molar-refractivity contribution in [3.63, 3.8) is 0 Å². The van der Waals surface area contributed by atoms with Crippen LogP contribution < -0.4 is 0 Å². The van der Waals surface area contributed by atoms with Crippen LogP contribution in [0, 0.1) is 5.82 Å². The molecule has 1 aromatic heterocycles. The lowest BCUT2D eigenvalue weighted by atomic mass is 9.99. The summed E-state index contributed by atoms with van der Waals surface area (Å²) >= 11 is 0. The highest BCUT2D eigenvalue weighted by molar-refractivity contribution is 5.95. The first-order chi connectivity index (χ1) is 15.2. The summed E-state index contributed by atoms with van der Waals surface area (Å²) in [6, 6.07) is 28.2. The van der Waals surface area contributed by atoms with E-state index in [4.69, 9.17) is 0 Å². The number of rotatable bonds is 3. The summed E-state index contributed by atoms with van der Waals surface area (Å²) < 4.78 is 15.8. The fourth-order valence-corrected chi connectivity index (χ4v) is 4.40. The van der Waals surface area contributed by atoms with Crippen molar-refractivity contribution in [2.75, 3.05) is 6.54 Å². The van der Waals surface area contributed by atoms with Gasteiger partial charge in [0.1, 0.15) is 5.82 Å². The number of fused-ring (bicyclic) bond motifs is 1. The largest absolute Gasteiger partial charge is 0.349 e. The van der Waals surface area contributed by atoms with E-state index in [1.165, 1.54) is 12.1 Å². The highest BCUT2D eigenvalue weighted by Gasteiger charge is 2.31. The van der Waals surface area contributed by atoms with Crippen LogP contribution in [-0.4, -0.2) is 21.9 Å². The number of aryl methyl sites for hydroxylation is 1. The van der Waals surface area contributed by atoms with E-state index in [0.717, 1.165) is 35.3 Å². The predicted octanol–water partition coefficient (Wildman–Crippen LogP) is 5.93. The number of hydrogen-bond acceptors (Lipinski definition) is 1. The standard InChI is InChI=1S/C27H23FN2O/c28-24-15-13-22(14-16-24)26-25-8-4-17-29(25)18-5-19-30(26)27(31)23-11-9-21(10-12-23)20-6-2-1-3-7-20/h1-4,6-17,26H,5,18-19H2. The number of amides is 1. The van der Waals surface area contributed by atoms with Gasteiger partial charge in [-0.15, -0.1) is 0 Å². The van der Waals surface area contributed by atoms with Crippen molar-refractivity contribution in [2.24, 2.45) is 0 Å². The Kier molecular flexibility index (Phi) is 5.13. The molecule has 3 nitrogen and oxygen atoms in total. The molecule has 2 heterocycles. The molecule has 1 atom stereocenters. The second-order valence-corrected chi connectivity index (χ2v) is 7.88. The molecule has 0 aliphatic carbocycles. The van der Waals surface area contributed by atoms with Gasteiger partial charge in [0, 0.05) is 30.5 Å². The fourth-order valence-electron chi connectivity index (χ4n) is 4.40. The number of benzene rings is 3. The zero-order valence-corrected chi connectivity index (χ0v) is 17.1. The van der Waals surface area contributed by atoms with E-state index < -0.39 is 0 Å². The lowest BCUT2D eigenvalue weighted by molar-refractivity contribution is 0.0709. The SMILES string of the molecule is O=C(c1ccc(-c2ccccc2)cc1)N1CCCn2cccc2C1c1ccc(F)cc1. The second-order valence-electron chi connectivity index (χ2n) is 7.88. The molecule has 0 fully saturated rings. The van der Waals surface area contributed by atoms with E-state index in [-0.39, 0.29) is 17.8 Å². The minimum Gasteiger partial charge on any atom is -0.349 e. The third-order valence-electron chi connectivity index (χ3n) is 5.94. The summed E-state index contributed by atoms with van der Waals surface area (Å²) in [4.78, 5) is 15.5. The average Bonchev–Trinajstić information content (AvgIpc) is 3.20. The summed E-state index contributed by atoms with van der Waals surface area (Å²) in [5.41, 5.74) is 4.83. The number of aromatic nitrogens is 1. The number of carbonyl (C=O) groups is 1. The Morgan fingerprint density at radius 2 is 1.48 bits per heavy atom. The summed E-state index contributed by atoms with van der Waals surface area (Å²) in [5, 5.41) is 0. The number of carbonyl (C=O) groups excluding carboxylic acids is 1. The van der Waals surface area contributed by atoms with Crippen molar-refractivity contribution in [1.82, 2.24) is 9.47 Å². The third-order valence-corrected chi connectivity index (χ3v) is 5.94. The van der Waals surface area contributed by atoms with Crippen LogP contribution in [0.25, 0.3) is 11.1 Å². The molecule has 0 saturated heterocycles. The predicted molar refractivity (Wildman–Crippen MR) is 120 cm³/mol. The highest BCUT2D eigenvalue weighted by atomic mass is 19.1. The van der Waals surface area contributed by atoms with Gasteiger partial charge >= 0.3 is 0 Å². The Morgan fingerprint density at radius 1 is 0.774 bits per heavy atom. The topological polar surface area (TPSA) is 25.2 Å². The fraction of sp³-hybridized carbons (Fsp3) is 0.148. The molecule has 31 heavy (non-hydrogen) atoms. The van der Waals surface area contributed by atoms with Crippen molar-refractivity contribution < 1.29 is 9.18 Å². The third kappa shape index (κ3) is 3.77. The molecule has 5 rings (SSSR count). The first-order valence-corrected chi connectivity index (χ1v) is 10.6. The normalized spacial score (nSPS) is 15.9. The first-order valence-electron chi connectivity index (χ1n) is 10.6. The number of nitrogens with zero attached hydrogens (tertiary/aromatic N) is 2. The zero-order valence-electron chi connectivity index (χ0n) is 17.1. The van der Waals surface area contributed by atoms with Crippen LogP contribution in [0.1, 0.15) is 34.1 Å². The van der Waals surface area contributed by atoms with Crippen LogP contribution in [-0.2, 0) is 6.54 Å². The maximum absolute atomic E-state index is 13.6. The monoisotopic (exact) mass is 410 g/mol. The van der Waals surface area contributed by atoms with Gasteiger partial charge in [-0.05, 0) is 59.5 Å². The van der Waals surface area contributed by atoms with Gasteiger partial charge in [0.15, 0.2) is 0 Å². The molecule has 1 unspecified atom stereocenters. The van der Waals surface area contributed by atoms with E-state index in [1.807, 2.05) is 53.4 Å². The molecule has 0 bridgehead atoms.